The molecule has 32 heavy (non-hydrogen) atoms. The monoisotopic (exact) mass is 450 g/mol. The first kappa shape index (κ1) is 24.4. The summed E-state index contributed by atoms with van der Waals surface area (Å²) in [5, 5.41) is 36.1. The number of fused-ring (bicyclic) bond motifs is 5. The fraction of sp³-hybridized carbons (Fsp3) is 0.962. The molecule has 4 aliphatic carbocycles. The number of aliphatic hydroxyl groups is 3. The van der Waals surface area contributed by atoms with Crippen LogP contribution in [-0.2, 0) is 4.79 Å². The molecule has 4 rings (SSSR count). The van der Waals surface area contributed by atoms with E-state index in [4.69, 9.17) is 5.73 Å². The van der Waals surface area contributed by atoms with E-state index in [0.717, 1.165) is 51.4 Å². The molecule has 6 N–H and O–H groups in total. The van der Waals surface area contributed by atoms with Crippen LogP contribution in [0.1, 0.15) is 78.6 Å². The smallest absolute Gasteiger partial charge is 0.220 e. The van der Waals surface area contributed by atoms with Crippen LogP contribution in [0, 0.1) is 46.3 Å². The maximum atomic E-state index is 12.1. The molecular formula is C26H46N2O4. The first-order valence-electron chi connectivity index (χ1n) is 13.1. The Morgan fingerprint density at radius 2 is 1.84 bits per heavy atom. The van der Waals surface area contributed by atoms with Gasteiger partial charge in [0.2, 0.25) is 5.91 Å². The fourth-order valence-corrected chi connectivity index (χ4v) is 8.99. The maximum Gasteiger partial charge on any atom is 0.220 e. The SMILES string of the molecule is CC(CCC(=O)NCCN)[C@H]1CCC2C3C(C[C@H](O)[C@@]21C)[C@@]1(C)CC[C@@H](O)CC1C[C@H]3O. The van der Waals surface area contributed by atoms with E-state index >= 15 is 0 Å². The summed E-state index contributed by atoms with van der Waals surface area (Å²) in [4.78, 5) is 12.1. The highest BCUT2D eigenvalue weighted by Gasteiger charge is 2.65. The number of nitrogens with one attached hydrogen (secondary N) is 1. The van der Waals surface area contributed by atoms with Crippen LogP contribution in [0.5, 0.6) is 0 Å². The van der Waals surface area contributed by atoms with E-state index in [0.29, 0.717) is 49.1 Å². The zero-order valence-corrected chi connectivity index (χ0v) is 20.3. The number of carbonyl (C=O) groups excluding carboxylic acids is 1. The van der Waals surface area contributed by atoms with Gasteiger partial charge in [0.15, 0.2) is 0 Å². The van der Waals surface area contributed by atoms with Crippen molar-refractivity contribution in [3.8, 4) is 0 Å². The van der Waals surface area contributed by atoms with Crippen molar-refractivity contribution in [3.63, 3.8) is 0 Å². The fourth-order valence-electron chi connectivity index (χ4n) is 8.99. The zero-order valence-electron chi connectivity index (χ0n) is 20.3. The minimum Gasteiger partial charge on any atom is -0.393 e. The lowest BCUT2D eigenvalue weighted by molar-refractivity contribution is -0.207. The van der Waals surface area contributed by atoms with Crippen LogP contribution >= 0.6 is 0 Å². The molecule has 0 aromatic rings. The molecule has 0 saturated heterocycles. The van der Waals surface area contributed by atoms with Crippen molar-refractivity contribution in [3.05, 3.63) is 0 Å². The van der Waals surface area contributed by atoms with Crippen LogP contribution in [-0.4, -0.2) is 52.6 Å². The van der Waals surface area contributed by atoms with Crippen molar-refractivity contribution in [2.75, 3.05) is 13.1 Å². The number of rotatable bonds is 6. The van der Waals surface area contributed by atoms with Gasteiger partial charge < -0.3 is 26.4 Å². The van der Waals surface area contributed by atoms with Gasteiger partial charge in [-0.1, -0.05) is 20.8 Å². The van der Waals surface area contributed by atoms with Crippen LogP contribution in [0.2, 0.25) is 0 Å². The molecule has 0 aliphatic heterocycles. The number of nitrogens with two attached hydrogens (primary N) is 1. The summed E-state index contributed by atoms with van der Waals surface area (Å²) in [5.41, 5.74) is 5.39. The average molecular weight is 451 g/mol. The molecule has 1 amide bonds. The van der Waals surface area contributed by atoms with Crippen molar-refractivity contribution in [2.45, 2.75) is 96.9 Å². The van der Waals surface area contributed by atoms with Gasteiger partial charge in [-0.25, -0.2) is 0 Å². The lowest BCUT2D eigenvalue weighted by atomic mass is 9.43. The average Bonchev–Trinajstić information content (AvgIpc) is 3.11. The topological polar surface area (TPSA) is 116 Å². The second kappa shape index (κ2) is 9.16. The van der Waals surface area contributed by atoms with Gasteiger partial charge in [0.05, 0.1) is 18.3 Å². The summed E-state index contributed by atoms with van der Waals surface area (Å²) < 4.78 is 0. The first-order chi connectivity index (χ1) is 15.1. The molecule has 5 unspecified atom stereocenters. The van der Waals surface area contributed by atoms with Crippen molar-refractivity contribution >= 4 is 5.91 Å². The summed E-state index contributed by atoms with van der Waals surface area (Å²) >= 11 is 0. The maximum absolute atomic E-state index is 12.1. The third kappa shape index (κ3) is 3.93. The Morgan fingerprint density at radius 1 is 1.09 bits per heavy atom. The molecule has 4 aliphatic rings. The molecule has 0 aromatic heterocycles. The largest absolute Gasteiger partial charge is 0.393 e. The van der Waals surface area contributed by atoms with Crippen molar-refractivity contribution in [2.24, 2.45) is 52.1 Å². The van der Waals surface area contributed by atoms with Gasteiger partial charge in [-0.15, -0.1) is 0 Å². The van der Waals surface area contributed by atoms with E-state index in [2.05, 4.69) is 26.1 Å². The van der Waals surface area contributed by atoms with E-state index < -0.39 is 0 Å². The number of aliphatic hydroxyl groups excluding tert-OH is 3. The van der Waals surface area contributed by atoms with Crippen molar-refractivity contribution < 1.29 is 20.1 Å². The molecule has 4 saturated carbocycles. The van der Waals surface area contributed by atoms with Crippen LogP contribution in [0.25, 0.3) is 0 Å². The second-order valence-electron chi connectivity index (χ2n) is 12.2. The summed E-state index contributed by atoms with van der Waals surface area (Å²) in [7, 11) is 0. The predicted molar refractivity (Wildman–Crippen MR) is 124 cm³/mol. The number of carbonyl (C=O) groups is 1. The third-order valence-electron chi connectivity index (χ3n) is 10.8. The predicted octanol–water partition coefficient (Wildman–Crippen LogP) is 2.44. The van der Waals surface area contributed by atoms with E-state index in [9.17, 15) is 20.1 Å². The summed E-state index contributed by atoms with van der Waals surface area (Å²) in [6.45, 7) is 7.86. The standard InChI is InChI=1S/C26H46N2O4/c1-15(4-7-23(32)28-11-10-27)18-5-6-19-24-20(14-22(31)26(18,19)3)25(2)9-8-17(29)12-16(25)13-21(24)30/h15-22,24,29-31H,4-14,27H2,1-3H3,(H,28,32)/t15?,16?,17-,18-,19?,20?,21-,22+,24?,25+,26-/m1/s1. The van der Waals surface area contributed by atoms with Crippen LogP contribution in [0.4, 0.5) is 0 Å². The summed E-state index contributed by atoms with van der Waals surface area (Å²) in [5.74, 6) is 2.03. The van der Waals surface area contributed by atoms with Gasteiger partial charge >= 0.3 is 0 Å². The zero-order chi connectivity index (χ0) is 23.3. The molecule has 0 spiro atoms. The number of amides is 1. The molecule has 4 fully saturated rings. The van der Waals surface area contributed by atoms with Crippen LogP contribution in [0.3, 0.4) is 0 Å². The van der Waals surface area contributed by atoms with Crippen LogP contribution in [0.15, 0.2) is 0 Å². The van der Waals surface area contributed by atoms with Gasteiger partial charge in [-0.05, 0) is 97.7 Å². The van der Waals surface area contributed by atoms with Gasteiger partial charge in [-0.2, -0.15) is 0 Å². The first-order valence-corrected chi connectivity index (χ1v) is 13.1. The van der Waals surface area contributed by atoms with Crippen LogP contribution < -0.4 is 11.1 Å². The molecule has 0 radical (unpaired) electrons. The highest BCUT2D eigenvalue weighted by atomic mass is 16.3. The molecule has 6 heteroatoms. The molecule has 11 atom stereocenters. The van der Waals surface area contributed by atoms with Crippen molar-refractivity contribution in [1.82, 2.24) is 5.32 Å². The quantitative estimate of drug-likeness (QED) is 0.426. The molecular weight excluding hydrogens is 404 g/mol. The Kier molecular flexibility index (Phi) is 7.00. The van der Waals surface area contributed by atoms with E-state index in [1.54, 1.807) is 0 Å². The molecule has 6 nitrogen and oxygen atoms in total. The lowest BCUT2D eigenvalue weighted by Gasteiger charge is -2.63. The molecule has 0 heterocycles. The highest BCUT2D eigenvalue weighted by molar-refractivity contribution is 5.75. The normalized spacial score (nSPS) is 49.0. The minimum atomic E-state index is -0.371. The van der Waals surface area contributed by atoms with Gasteiger partial charge in [-0.3, -0.25) is 4.79 Å². The second-order valence-corrected chi connectivity index (χ2v) is 12.2. The van der Waals surface area contributed by atoms with E-state index in [1.807, 2.05) is 0 Å². The highest BCUT2D eigenvalue weighted by Crippen LogP contribution is 2.68. The number of hydrogen-bond donors (Lipinski definition) is 5. The minimum absolute atomic E-state index is 0.0624. The lowest BCUT2D eigenvalue weighted by Crippen LogP contribution is -2.62. The van der Waals surface area contributed by atoms with Gasteiger partial charge in [0.1, 0.15) is 0 Å². The molecule has 0 aromatic carbocycles. The number of hydrogen-bond acceptors (Lipinski definition) is 5. The Morgan fingerprint density at radius 3 is 2.56 bits per heavy atom. The summed E-state index contributed by atoms with van der Waals surface area (Å²) in [6, 6.07) is 0. The van der Waals surface area contributed by atoms with Crippen molar-refractivity contribution in [1.29, 1.82) is 0 Å². The Bertz CT molecular complexity index is 689. The Balaban J connectivity index is 1.51. The van der Waals surface area contributed by atoms with E-state index in [1.165, 1.54) is 0 Å². The molecule has 184 valence electrons. The Hall–Kier alpha value is -0.690. The van der Waals surface area contributed by atoms with Gasteiger partial charge in [0.25, 0.3) is 0 Å². The van der Waals surface area contributed by atoms with Gasteiger partial charge in [0, 0.05) is 19.5 Å². The third-order valence-corrected chi connectivity index (χ3v) is 10.8. The molecule has 0 bridgehead atoms. The summed E-state index contributed by atoms with van der Waals surface area (Å²) in [6.07, 6.45) is 6.70. The van der Waals surface area contributed by atoms with E-state index in [-0.39, 0.29) is 41.0 Å². The Labute approximate surface area is 193 Å².